The van der Waals surface area contributed by atoms with E-state index in [0.717, 1.165) is 17.3 Å². The fourth-order valence-corrected chi connectivity index (χ4v) is 3.79. The molecule has 150 valence electrons. The van der Waals surface area contributed by atoms with Gasteiger partial charge in [0.05, 0.1) is 17.3 Å². The van der Waals surface area contributed by atoms with Gasteiger partial charge in [0.1, 0.15) is 0 Å². The van der Waals surface area contributed by atoms with E-state index in [4.69, 9.17) is 0 Å². The molecule has 4 nitrogen and oxygen atoms in total. The van der Waals surface area contributed by atoms with Gasteiger partial charge in [-0.05, 0) is 36.2 Å². The molecule has 1 aliphatic heterocycles. The number of hydrogen-bond donors (Lipinski definition) is 1. The topological polar surface area (TPSA) is 37.3 Å². The van der Waals surface area contributed by atoms with Crippen LogP contribution in [0, 0.1) is 0 Å². The molecule has 1 aliphatic rings. The van der Waals surface area contributed by atoms with Gasteiger partial charge >= 0.3 is 12.2 Å². The minimum atomic E-state index is -4.54. The van der Waals surface area contributed by atoms with Crippen molar-refractivity contribution < 1.29 is 18.0 Å². The molecule has 0 fully saturated rings. The van der Waals surface area contributed by atoms with Crippen LogP contribution in [0.1, 0.15) is 22.9 Å². The molecule has 4 rings (SSSR count). The van der Waals surface area contributed by atoms with Crippen molar-refractivity contribution in [1.82, 2.24) is 9.47 Å². The Morgan fingerprint density at radius 3 is 2.45 bits per heavy atom. The lowest BCUT2D eigenvalue weighted by Crippen LogP contribution is -2.45. The van der Waals surface area contributed by atoms with Crippen molar-refractivity contribution >= 4 is 11.7 Å². The highest BCUT2D eigenvalue weighted by molar-refractivity contribution is 5.90. The van der Waals surface area contributed by atoms with Crippen LogP contribution in [0.15, 0.2) is 72.9 Å². The molecule has 0 spiro atoms. The minimum absolute atomic E-state index is 0.232. The number of anilines is 1. The average Bonchev–Trinajstić information content (AvgIpc) is 3.18. The van der Waals surface area contributed by atoms with Gasteiger partial charge in [0, 0.05) is 25.0 Å². The highest BCUT2D eigenvalue weighted by atomic mass is 19.4. The Labute approximate surface area is 166 Å². The fourth-order valence-electron chi connectivity index (χ4n) is 3.79. The Bertz CT molecular complexity index is 998. The third kappa shape index (κ3) is 3.99. The molecule has 1 N–H and O–H groups in total. The van der Waals surface area contributed by atoms with Gasteiger partial charge in [-0.3, -0.25) is 0 Å². The first-order valence-electron chi connectivity index (χ1n) is 9.36. The number of fused-ring (bicyclic) bond motifs is 1. The van der Waals surface area contributed by atoms with Gasteiger partial charge in [-0.2, -0.15) is 13.2 Å². The quantitative estimate of drug-likeness (QED) is 0.634. The van der Waals surface area contributed by atoms with Gasteiger partial charge in [0.25, 0.3) is 0 Å². The van der Waals surface area contributed by atoms with Crippen LogP contribution in [0.25, 0.3) is 0 Å². The lowest BCUT2D eigenvalue weighted by Gasteiger charge is -2.37. The van der Waals surface area contributed by atoms with Crippen molar-refractivity contribution in [2.75, 3.05) is 11.9 Å². The van der Waals surface area contributed by atoms with Crippen LogP contribution in [0.5, 0.6) is 0 Å². The molecule has 7 heteroatoms. The summed E-state index contributed by atoms with van der Waals surface area (Å²) >= 11 is 0. The third-order valence-corrected chi connectivity index (χ3v) is 5.17. The van der Waals surface area contributed by atoms with Crippen molar-refractivity contribution in [3.8, 4) is 0 Å². The van der Waals surface area contributed by atoms with Gasteiger partial charge in [-0.1, -0.05) is 42.5 Å². The average molecular weight is 399 g/mol. The van der Waals surface area contributed by atoms with Crippen LogP contribution >= 0.6 is 0 Å². The smallest absolute Gasteiger partial charge is 0.348 e. The van der Waals surface area contributed by atoms with E-state index >= 15 is 0 Å². The summed E-state index contributed by atoms with van der Waals surface area (Å²) in [6, 6.07) is 17.9. The minimum Gasteiger partial charge on any atom is -0.348 e. The molecule has 0 radical (unpaired) electrons. The highest BCUT2D eigenvalue weighted by Crippen LogP contribution is 2.35. The molecule has 0 saturated carbocycles. The van der Waals surface area contributed by atoms with Gasteiger partial charge < -0.3 is 14.8 Å². The molecule has 1 atom stereocenters. The molecule has 0 bridgehead atoms. The van der Waals surface area contributed by atoms with E-state index in [0.29, 0.717) is 19.5 Å². The molecule has 2 heterocycles. The normalized spacial score (nSPS) is 16.4. The van der Waals surface area contributed by atoms with Crippen LogP contribution in [0.2, 0.25) is 0 Å². The van der Waals surface area contributed by atoms with E-state index < -0.39 is 17.8 Å². The lowest BCUT2D eigenvalue weighted by atomic mass is 10.0. The molecular formula is C22H20F3N3O. The summed E-state index contributed by atoms with van der Waals surface area (Å²) in [4.78, 5) is 14.6. The molecule has 0 aliphatic carbocycles. The second-order valence-electron chi connectivity index (χ2n) is 7.00. The summed E-state index contributed by atoms with van der Waals surface area (Å²) in [5.74, 6) is 0. The predicted molar refractivity (Wildman–Crippen MR) is 104 cm³/mol. The fraction of sp³-hybridized carbons (Fsp3) is 0.227. The zero-order valence-corrected chi connectivity index (χ0v) is 15.6. The highest BCUT2D eigenvalue weighted by Gasteiger charge is 2.35. The van der Waals surface area contributed by atoms with Crippen molar-refractivity contribution in [3.63, 3.8) is 0 Å². The Hall–Kier alpha value is -3.22. The summed E-state index contributed by atoms with van der Waals surface area (Å²) in [6.45, 7) is 1.02. The van der Waals surface area contributed by atoms with Gasteiger partial charge in [0.2, 0.25) is 0 Å². The molecule has 2 aromatic carbocycles. The van der Waals surface area contributed by atoms with E-state index in [1.807, 2.05) is 48.7 Å². The van der Waals surface area contributed by atoms with Crippen LogP contribution < -0.4 is 5.32 Å². The maximum Gasteiger partial charge on any atom is 0.418 e. The first kappa shape index (κ1) is 19.1. The van der Waals surface area contributed by atoms with Crippen molar-refractivity contribution in [3.05, 3.63) is 89.7 Å². The molecule has 3 aromatic rings. The number of amides is 2. The first-order valence-corrected chi connectivity index (χ1v) is 9.36. The van der Waals surface area contributed by atoms with Crippen molar-refractivity contribution in [1.29, 1.82) is 0 Å². The number of benzene rings is 2. The Morgan fingerprint density at radius 2 is 1.69 bits per heavy atom. The number of hydrogen-bond acceptors (Lipinski definition) is 1. The van der Waals surface area contributed by atoms with E-state index in [9.17, 15) is 18.0 Å². The van der Waals surface area contributed by atoms with Gasteiger partial charge in [-0.15, -0.1) is 0 Å². The maximum atomic E-state index is 13.3. The Morgan fingerprint density at radius 1 is 0.966 bits per heavy atom. The number of aromatic nitrogens is 1. The summed E-state index contributed by atoms with van der Waals surface area (Å²) in [7, 11) is 0. The standard InChI is InChI=1S/C22H20F3N3O/c23-22(24,25)17-9-4-5-10-18(17)26-21(29)28-14-13-27-12-6-11-19(27)20(28)15-16-7-2-1-3-8-16/h1-12,20H,13-15H2,(H,26,29). The number of alkyl halides is 3. The predicted octanol–water partition coefficient (Wildman–Crippen LogP) is 5.34. The second-order valence-corrected chi connectivity index (χ2v) is 7.00. The number of halogens is 3. The largest absolute Gasteiger partial charge is 0.418 e. The van der Waals surface area contributed by atoms with Crippen LogP contribution in [0.3, 0.4) is 0 Å². The maximum absolute atomic E-state index is 13.3. The molecule has 2 amide bonds. The number of urea groups is 1. The van der Waals surface area contributed by atoms with E-state index in [2.05, 4.69) is 9.88 Å². The third-order valence-electron chi connectivity index (χ3n) is 5.17. The zero-order valence-electron chi connectivity index (χ0n) is 15.6. The van der Waals surface area contributed by atoms with Gasteiger partial charge in [0.15, 0.2) is 0 Å². The summed E-state index contributed by atoms with van der Waals surface area (Å²) < 4.78 is 42.0. The van der Waals surface area contributed by atoms with Gasteiger partial charge in [-0.25, -0.2) is 4.79 Å². The van der Waals surface area contributed by atoms with E-state index in [1.165, 1.54) is 18.2 Å². The molecule has 1 unspecified atom stereocenters. The zero-order chi connectivity index (χ0) is 20.4. The summed E-state index contributed by atoms with van der Waals surface area (Å²) in [6.07, 6.45) is -2.00. The number of para-hydroxylation sites is 1. The van der Waals surface area contributed by atoms with Crippen LogP contribution in [0.4, 0.5) is 23.7 Å². The van der Waals surface area contributed by atoms with E-state index in [1.54, 1.807) is 4.90 Å². The van der Waals surface area contributed by atoms with Crippen molar-refractivity contribution in [2.45, 2.75) is 25.2 Å². The van der Waals surface area contributed by atoms with Crippen LogP contribution in [-0.4, -0.2) is 22.0 Å². The van der Waals surface area contributed by atoms with Crippen LogP contribution in [-0.2, 0) is 19.1 Å². The summed E-state index contributed by atoms with van der Waals surface area (Å²) in [5.41, 5.74) is 0.942. The number of rotatable bonds is 3. The molecule has 0 saturated heterocycles. The number of carbonyl (C=O) groups is 1. The number of carbonyl (C=O) groups excluding carboxylic acids is 1. The Balaban J connectivity index is 1.62. The number of nitrogens with one attached hydrogen (secondary N) is 1. The summed E-state index contributed by atoms with van der Waals surface area (Å²) in [5, 5.41) is 2.48. The van der Waals surface area contributed by atoms with Crippen molar-refractivity contribution in [2.24, 2.45) is 0 Å². The Kier molecular flexibility index (Phi) is 5.05. The number of nitrogens with zero attached hydrogens (tertiary/aromatic N) is 2. The first-order chi connectivity index (χ1) is 13.9. The SMILES string of the molecule is O=C(Nc1ccccc1C(F)(F)F)N1CCn2cccc2C1Cc1ccccc1. The van der Waals surface area contributed by atoms with E-state index in [-0.39, 0.29) is 11.7 Å². The lowest BCUT2D eigenvalue weighted by molar-refractivity contribution is -0.136. The molecule has 1 aromatic heterocycles. The molecular weight excluding hydrogens is 379 g/mol. The molecule has 29 heavy (non-hydrogen) atoms. The second kappa shape index (κ2) is 7.66. The monoisotopic (exact) mass is 399 g/mol.